The number of hydrogen-bond donors (Lipinski definition) is 1. The lowest BCUT2D eigenvalue weighted by atomic mass is 10.1. The Labute approximate surface area is 67.0 Å². The van der Waals surface area contributed by atoms with Gasteiger partial charge in [0.15, 0.2) is 0 Å². The molecule has 0 rings (SSSR count). The molecule has 0 aliphatic rings. The quantitative estimate of drug-likeness (QED) is 0.668. The zero-order chi connectivity index (χ0) is 9.07. The molecule has 0 aliphatic heterocycles. The van der Waals surface area contributed by atoms with E-state index in [1.54, 1.807) is 6.92 Å². The summed E-state index contributed by atoms with van der Waals surface area (Å²) < 4.78 is 23.0. The maximum Gasteiger partial charge on any atom is 0.236 e. The Morgan fingerprint density at radius 1 is 1.55 bits per heavy atom. The predicted molar refractivity (Wildman–Crippen MR) is 42.4 cm³/mol. The third kappa shape index (κ3) is 4.78. The van der Waals surface area contributed by atoms with Gasteiger partial charge in [-0.1, -0.05) is 13.8 Å². The highest BCUT2D eigenvalue weighted by Gasteiger charge is 2.13. The first-order valence-electron chi connectivity index (χ1n) is 3.38. The highest BCUT2D eigenvalue weighted by atomic mass is 32.2. The Kier molecular flexibility index (Phi) is 3.51. The molecule has 0 aromatic rings. The molecule has 0 saturated heterocycles. The number of rotatable bonds is 3. The lowest BCUT2D eigenvalue weighted by molar-refractivity contribution is -0.122. The molecule has 1 amide bonds. The van der Waals surface area contributed by atoms with E-state index in [-0.39, 0.29) is 5.92 Å². The van der Waals surface area contributed by atoms with Crippen LogP contribution in [0.5, 0.6) is 0 Å². The molecule has 4 nitrogen and oxygen atoms in total. The second kappa shape index (κ2) is 3.71. The van der Waals surface area contributed by atoms with E-state index < -0.39 is 15.9 Å². The number of hydrogen-bond acceptors (Lipinski definition) is 3. The Bertz CT molecular complexity index is 232. The molecule has 1 atom stereocenters. The molecule has 0 spiro atoms. The SMILES string of the molecule is CC[C@@H](C)C(=O)NS(C)(=O)=O. The van der Waals surface area contributed by atoms with Crippen molar-refractivity contribution in [3.63, 3.8) is 0 Å². The summed E-state index contributed by atoms with van der Waals surface area (Å²) in [7, 11) is -3.38. The maximum absolute atomic E-state index is 10.9. The van der Waals surface area contributed by atoms with Crippen LogP contribution in [0, 0.1) is 5.92 Å². The number of carbonyl (C=O) groups excluding carboxylic acids is 1. The summed E-state index contributed by atoms with van der Waals surface area (Å²) in [5.41, 5.74) is 0. The lowest BCUT2D eigenvalue weighted by Crippen LogP contribution is -2.33. The highest BCUT2D eigenvalue weighted by Crippen LogP contribution is 1.99. The molecule has 0 heterocycles. The minimum atomic E-state index is -3.38. The average molecular weight is 179 g/mol. The van der Waals surface area contributed by atoms with Crippen LogP contribution in [0.3, 0.4) is 0 Å². The Balaban J connectivity index is 4.10. The van der Waals surface area contributed by atoms with Crippen LogP contribution in [0.4, 0.5) is 0 Å². The third-order valence-electron chi connectivity index (χ3n) is 1.35. The van der Waals surface area contributed by atoms with Crippen LogP contribution in [0.1, 0.15) is 20.3 Å². The van der Waals surface area contributed by atoms with Gasteiger partial charge in [-0.15, -0.1) is 0 Å². The molecule has 11 heavy (non-hydrogen) atoms. The van der Waals surface area contributed by atoms with Crippen LogP contribution in [0.2, 0.25) is 0 Å². The summed E-state index contributed by atoms with van der Waals surface area (Å²) in [6.45, 7) is 3.51. The number of carbonyl (C=O) groups is 1. The van der Waals surface area contributed by atoms with Gasteiger partial charge in [-0.05, 0) is 6.42 Å². The summed E-state index contributed by atoms with van der Waals surface area (Å²) in [6, 6.07) is 0. The first-order chi connectivity index (χ1) is 4.87. The van der Waals surface area contributed by atoms with Crippen molar-refractivity contribution >= 4 is 15.9 Å². The van der Waals surface area contributed by atoms with Crippen LogP contribution in [0.15, 0.2) is 0 Å². The third-order valence-corrected chi connectivity index (χ3v) is 1.92. The van der Waals surface area contributed by atoms with Gasteiger partial charge in [-0.2, -0.15) is 0 Å². The predicted octanol–water partition coefficient (Wildman–Crippen LogP) is 0.108. The van der Waals surface area contributed by atoms with Gasteiger partial charge in [0.2, 0.25) is 15.9 Å². The van der Waals surface area contributed by atoms with E-state index in [4.69, 9.17) is 0 Å². The summed E-state index contributed by atoms with van der Waals surface area (Å²) in [6.07, 6.45) is 1.61. The minimum Gasteiger partial charge on any atom is -0.274 e. The molecular formula is C6H13NO3S. The van der Waals surface area contributed by atoms with Crippen molar-refractivity contribution in [3.8, 4) is 0 Å². The van der Waals surface area contributed by atoms with Crippen molar-refractivity contribution in [2.24, 2.45) is 5.92 Å². The molecule has 0 unspecified atom stereocenters. The van der Waals surface area contributed by atoms with Crippen LogP contribution >= 0.6 is 0 Å². The summed E-state index contributed by atoms with van der Waals surface area (Å²) in [5, 5.41) is 0. The van der Waals surface area contributed by atoms with Crippen LogP contribution in [-0.2, 0) is 14.8 Å². The first-order valence-corrected chi connectivity index (χ1v) is 5.27. The second-order valence-corrected chi connectivity index (χ2v) is 4.30. The fourth-order valence-electron chi connectivity index (χ4n) is 0.469. The fraction of sp³-hybridized carbons (Fsp3) is 0.833. The average Bonchev–Trinajstić information content (AvgIpc) is 1.82. The highest BCUT2D eigenvalue weighted by molar-refractivity contribution is 7.89. The number of amides is 1. The molecule has 66 valence electrons. The van der Waals surface area contributed by atoms with Crippen molar-refractivity contribution in [1.82, 2.24) is 4.72 Å². The summed E-state index contributed by atoms with van der Waals surface area (Å²) in [5.74, 6) is -0.681. The first kappa shape index (κ1) is 10.4. The fourth-order valence-corrected chi connectivity index (χ4v) is 1.04. The van der Waals surface area contributed by atoms with Crippen LogP contribution in [0.25, 0.3) is 0 Å². The van der Waals surface area contributed by atoms with E-state index in [2.05, 4.69) is 0 Å². The lowest BCUT2D eigenvalue weighted by Gasteiger charge is -2.06. The second-order valence-electron chi connectivity index (χ2n) is 2.55. The molecular weight excluding hydrogens is 166 g/mol. The maximum atomic E-state index is 10.9. The zero-order valence-corrected chi connectivity index (χ0v) is 7.73. The normalized spacial score (nSPS) is 14.1. The zero-order valence-electron chi connectivity index (χ0n) is 6.92. The van der Waals surface area contributed by atoms with E-state index >= 15 is 0 Å². The summed E-state index contributed by atoms with van der Waals surface area (Å²) >= 11 is 0. The van der Waals surface area contributed by atoms with Crippen molar-refractivity contribution in [2.75, 3.05) is 6.26 Å². The molecule has 0 radical (unpaired) electrons. The molecule has 0 bridgehead atoms. The summed E-state index contributed by atoms with van der Waals surface area (Å²) in [4.78, 5) is 10.9. The Morgan fingerprint density at radius 2 is 2.00 bits per heavy atom. The van der Waals surface area contributed by atoms with E-state index in [0.29, 0.717) is 6.42 Å². The van der Waals surface area contributed by atoms with E-state index in [1.807, 2.05) is 11.6 Å². The van der Waals surface area contributed by atoms with Crippen LogP contribution in [-0.4, -0.2) is 20.6 Å². The van der Waals surface area contributed by atoms with Crippen molar-refractivity contribution < 1.29 is 13.2 Å². The van der Waals surface area contributed by atoms with Gasteiger partial charge in [0.25, 0.3) is 0 Å². The van der Waals surface area contributed by atoms with Gasteiger partial charge in [0.1, 0.15) is 0 Å². The topological polar surface area (TPSA) is 63.2 Å². The standard InChI is InChI=1S/C6H13NO3S/c1-4-5(2)6(8)7-11(3,9)10/h5H,4H2,1-3H3,(H,7,8)/t5-/m1/s1. The van der Waals surface area contributed by atoms with Gasteiger partial charge < -0.3 is 0 Å². The van der Waals surface area contributed by atoms with Gasteiger partial charge >= 0.3 is 0 Å². The molecule has 5 heteroatoms. The van der Waals surface area contributed by atoms with Gasteiger partial charge in [0, 0.05) is 5.92 Å². The molecule has 0 saturated carbocycles. The smallest absolute Gasteiger partial charge is 0.236 e. The molecule has 0 aromatic heterocycles. The van der Waals surface area contributed by atoms with Gasteiger partial charge in [0.05, 0.1) is 6.26 Å². The molecule has 0 aromatic carbocycles. The van der Waals surface area contributed by atoms with Crippen molar-refractivity contribution in [2.45, 2.75) is 20.3 Å². The Morgan fingerprint density at radius 3 is 2.27 bits per heavy atom. The van der Waals surface area contributed by atoms with Crippen LogP contribution < -0.4 is 4.72 Å². The Hall–Kier alpha value is -0.580. The van der Waals surface area contributed by atoms with E-state index in [0.717, 1.165) is 6.26 Å². The molecule has 0 fully saturated rings. The van der Waals surface area contributed by atoms with Gasteiger partial charge in [-0.3, -0.25) is 9.52 Å². The molecule has 0 aliphatic carbocycles. The van der Waals surface area contributed by atoms with E-state index in [9.17, 15) is 13.2 Å². The minimum absolute atomic E-state index is 0.246. The molecule has 1 N–H and O–H groups in total. The van der Waals surface area contributed by atoms with E-state index in [1.165, 1.54) is 0 Å². The number of sulfonamides is 1. The van der Waals surface area contributed by atoms with Crippen molar-refractivity contribution in [3.05, 3.63) is 0 Å². The van der Waals surface area contributed by atoms with Gasteiger partial charge in [-0.25, -0.2) is 8.42 Å². The monoisotopic (exact) mass is 179 g/mol. The number of nitrogens with one attached hydrogen (secondary N) is 1. The largest absolute Gasteiger partial charge is 0.274 e. The van der Waals surface area contributed by atoms with Crippen molar-refractivity contribution in [1.29, 1.82) is 0 Å².